The molecule has 1 fully saturated rings. The smallest absolute Gasteiger partial charge is 0.253 e. The molecule has 1 N–H and O–H groups in total. The number of para-hydroxylation sites is 1. The molecule has 1 aromatic heterocycles. The van der Waals surface area contributed by atoms with Gasteiger partial charge in [-0.2, -0.15) is 0 Å². The summed E-state index contributed by atoms with van der Waals surface area (Å²) in [6.45, 7) is 2.69. The second-order valence-electron chi connectivity index (χ2n) is 7.36. The quantitative estimate of drug-likeness (QED) is 0.766. The molecule has 0 saturated carbocycles. The summed E-state index contributed by atoms with van der Waals surface area (Å²) in [6, 6.07) is 18.3. The van der Waals surface area contributed by atoms with E-state index < -0.39 is 0 Å². The van der Waals surface area contributed by atoms with E-state index in [0.717, 1.165) is 35.1 Å². The summed E-state index contributed by atoms with van der Waals surface area (Å²) in [7, 11) is 1.84. The Kier molecular flexibility index (Phi) is 5.16. The maximum Gasteiger partial charge on any atom is 0.253 e. The number of hydrogen-bond donors (Lipinski definition) is 1. The number of rotatable bonds is 4. The molecule has 2 heterocycles. The van der Waals surface area contributed by atoms with Gasteiger partial charge in [0.2, 0.25) is 0 Å². The van der Waals surface area contributed by atoms with Crippen LogP contribution in [0.5, 0.6) is 0 Å². The van der Waals surface area contributed by atoms with E-state index in [1.165, 1.54) is 18.4 Å². The summed E-state index contributed by atoms with van der Waals surface area (Å²) in [4.78, 5) is 19.0. The van der Waals surface area contributed by atoms with Gasteiger partial charge in [0.05, 0.1) is 5.52 Å². The molecular weight excluding hydrogens is 334 g/mol. The van der Waals surface area contributed by atoms with Crippen LogP contribution in [0, 0.1) is 0 Å². The molecule has 1 unspecified atom stereocenters. The van der Waals surface area contributed by atoms with Crippen LogP contribution in [0.15, 0.2) is 60.8 Å². The minimum absolute atomic E-state index is 0.0384. The zero-order chi connectivity index (χ0) is 18.6. The zero-order valence-corrected chi connectivity index (χ0v) is 15.7. The van der Waals surface area contributed by atoms with Crippen LogP contribution in [0.25, 0.3) is 10.9 Å². The molecule has 138 valence electrons. The van der Waals surface area contributed by atoms with Crippen LogP contribution in [0.2, 0.25) is 0 Å². The summed E-state index contributed by atoms with van der Waals surface area (Å²) < 4.78 is 0. The van der Waals surface area contributed by atoms with Crippen molar-refractivity contribution >= 4 is 16.8 Å². The van der Waals surface area contributed by atoms with Crippen LogP contribution in [-0.2, 0) is 6.54 Å². The van der Waals surface area contributed by atoms with E-state index in [1.54, 1.807) is 4.90 Å². The maximum absolute atomic E-state index is 12.8. The minimum Gasteiger partial charge on any atom is -0.337 e. The second-order valence-corrected chi connectivity index (χ2v) is 7.36. The number of amides is 1. The average molecular weight is 359 g/mol. The van der Waals surface area contributed by atoms with Gasteiger partial charge in [-0.1, -0.05) is 30.3 Å². The molecule has 27 heavy (non-hydrogen) atoms. The van der Waals surface area contributed by atoms with Gasteiger partial charge in [-0.15, -0.1) is 0 Å². The number of nitrogens with one attached hydrogen (secondary N) is 1. The number of pyridine rings is 1. The fourth-order valence-electron chi connectivity index (χ4n) is 3.80. The zero-order valence-electron chi connectivity index (χ0n) is 15.7. The Morgan fingerprint density at radius 2 is 2.00 bits per heavy atom. The van der Waals surface area contributed by atoms with Crippen molar-refractivity contribution in [2.75, 3.05) is 20.1 Å². The van der Waals surface area contributed by atoms with Crippen LogP contribution in [0.4, 0.5) is 0 Å². The molecule has 0 bridgehead atoms. The third-order valence-corrected chi connectivity index (χ3v) is 5.34. The summed E-state index contributed by atoms with van der Waals surface area (Å²) in [5, 5.41) is 4.55. The highest BCUT2D eigenvalue weighted by Gasteiger charge is 2.17. The van der Waals surface area contributed by atoms with Crippen LogP contribution in [0.3, 0.4) is 0 Å². The third-order valence-electron chi connectivity index (χ3n) is 5.34. The minimum atomic E-state index is 0.0384. The molecule has 4 nitrogen and oxygen atoms in total. The lowest BCUT2D eigenvalue weighted by molar-refractivity contribution is 0.0785. The van der Waals surface area contributed by atoms with Crippen LogP contribution < -0.4 is 5.32 Å². The molecule has 1 aliphatic heterocycles. The lowest BCUT2D eigenvalue weighted by atomic mass is 9.91. The van der Waals surface area contributed by atoms with Crippen molar-refractivity contribution in [1.82, 2.24) is 15.2 Å². The number of fused-ring (bicyclic) bond motifs is 1. The molecule has 1 saturated heterocycles. The Bertz CT molecular complexity index is 930. The Labute approximate surface area is 160 Å². The van der Waals surface area contributed by atoms with E-state index in [0.29, 0.717) is 12.5 Å². The van der Waals surface area contributed by atoms with E-state index in [-0.39, 0.29) is 5.91 Å². The fourth-order valence-corrected chi connectivity index (χ4v) is 3.80. The molecule has 1 atom stereocenters. The van der Waals surface area contributed by atoms with Crippen molar-refractivity contribution in [3.05, 3.63) is 77.5 Å². The van der Waals surface area contributed by atoms with Crippen molar-refractivity contribution in [3.63, 3.8) is 0 Å². The number of hydrogen-bond acceptors (Lipinski definition) is 3. The normalized spacial score (nSPS) is 17.0. The van der Waals surface area contributed by atoms with E-state index in [1.807, 2.05) is 49.6 Å². The van der Waals surface area contributed by atoms with Gasteiger partial charge >= 0.3 is 0 Å². The summed E-state index contributed by atoms with van der Waals surface area (Å²) in [6.07, 6.45) is 4.29. The first kappa shape index (κ1) is 17.7. The van der Waals surface area contributed by atoms with Crippen molar-refractivity contribution < 1.29 is 4.79 Å². The van der Waals surface area contributed by atoms with Crippen LogP contribution in [0.1, 0.15) is 40.2 Å². The van der Waals surface area contributed by atoms with Crippen molar-refractivity contribution in [1.29, 1.82) is 0 Å². The second kappa shape index (κ2) is 7.89. The van der Waals surface area contributed by atoms with Gasteiger partial charge in [0.25, 0.3) is 5.91 Å². The highest BCUT2D eigenvalue weighted by Crippen LogP contribution is 2.23. The number of benzene rings is 2. The molecule has 1 amide bonds. The summed E-state index contributed by atoms with van der Waals surface area (Å²) >= 11 is 0. The highest BCUT2D eigenvalue weighted by atomic mass is 16.2. The summed E-state index contributed by atoms with van der Waals surface area (Å²) in [5.41, 5.74) is 4.07. The Hall–Kier alpha value is -2.72. The Morgan fingerprint density at radius 3 is 2.78 bits per heavy atom. The van der Waals surface area contributed by atoms with E-state index >= 15 is 0 Å². The SMILES string of the molecule is CN(Cc1cnc2ccccc2c1)C(=O)c1ccc(C2CCCNC2)cc1. The molecule has 0 aliphatic carbocycles. The van der Waals surface area contributed by atoms with E-state index in [2.05, 4.69) is 28.5 Å². The Morgan fingerprint density at radius 1 is 1.19 bits per heavy atom. The van der Waals surface area contributed by atoms with Gasteiger partial charge in [-0.05, 0) is 60.7 Å². The molecule has 4 heteroatoms. The number of piperidine rings is 1. The monoisotopic (exact) mass is 359 g/mol. The van der Waals surface area contributed by atoms with E-state index in [4.69, 9.17) is 0 Å². The van der Waals surface area contributed by atoms with E-state index in [9.17, 15) is 4.79 Å². The van der Waals surface area contributed by atoms with Crippen LogP contribution >= 0.6 is 0 Å². The fraction of sp³-hybridized carbons (Fsp3) is 0.304. The lowest BCUT2D eigenvalue weighted by Crippen LogP contribution is -2.28. The van der Waals surface area contributed by atoms with Crippen molar-refractivity contribution in [2.45, 2.75) is 25.3 Å². The molecule has 2 aromatic carbocycles. The first-order valence-electron chi connectivity index (χ1n) is 9.60. The maximum atomic E-state index is 12.8. The molecular formula is C23H25N3O. The molecule has 4 rings (SSSR count). The van der Waals surface area contributed by atoms with Gasteiger partial charge < -0.3 is 10.2 Å². The average Bonchev–Trinajstić information content (AvgIpc) is 2.74. The largest absolute Gasteiger partial charge is 0.337 e. The number of carbonyl (C=O) groups excluding carboxylic acids is 1. The topological polar surface area (TPSA) is 45.2 Å². The number of carbonyl (C=O) groups is 1. The molecule has 0 spiro atoms. The molecule has 1 aliphatic rings. The van der Waals surface area contributed by atoms with Gasteiger partial charge in [-0.3, -0.25) is 9.78 Å². The predicted molar refractivity (Wildman–Crippen MR) is 109 cm³/mol. The number of nitrogens with zero attached hydrogens (tertiary/aromatic N) is 2. The highest BCUT2D eigenvalue weighted by molar-refractivity contribution is 5.94. The van der Waals surface area contributed by atoms with Crippen LogP contribution in [-0.4, -0.2) is 35.9 Å². The predicted octanol–water partition coefficient (Wildman–Crippen LogP) is 3.97. The standard InChI is InChI=1S/C23H25N3O/c1-26(16-17-13-20-5-2-3-7-22(20)25-14-17)23(27)19-10-8-18(9-11-19)21-6-4-12-24-15-21/h2-3,5,7-11,13-14,21,24H,4,6,12,15-16H2,1H3. The Balaban J connectivity index is 1.44. The first-order valence-corrected chi connectivity index (χ1v) is 9.60. The third kappa shape index (κ3) is 4.01. The molecule has 0 radical (unpaired) electrons. The van der Waals surface area contributed by atoms with Gasteiger partial charge in [-0.25, -0.2) is 0 Å². The van der Waals surface area contributed by atoms with Gasteiger partial charge in [0.1, 0.15) is 0 Å². The first-order chi connectivity index (χ1) is 13.2. The van der Waals surface area contributed by atoms with Gasteiger partial charge in [0, 0.05) is 37.3 Å². The molecule has 3 aromatic rings. The van der Waals surface area contributed by atoms with Gasteiger partial charge in [0.15, 0.2) is 0 Å². The van der Waals surface area contributed by atoms with Crippen molar-refractivity contribution in [3.8, 4) is 0 Å². The summed E-state index contributed by atoms with van der Waals surface area (Å²) in [5.74, 6) is 0.598. The lowest BCUT2D eigenvalue weighted by Gasteiger charge is -2.23. The van der Waals surface area contributed by atoms with Crippen molar-refractivity contribution in [2.24, 2.45) is 0 Å². The number of aromatic nitrogens is 1.